The number of rotatable bonds is 4. The van der Waals surface area contributed by atoms with Crippen molar-refractivity contribution in [2.75, 3.05) is 0 Å². The number of alkyl halides is 3. The van der Waals surface area contributed by atoms with Gasteiger partial charge in [0.2, 0.25) is 0 Å². The summed E-state index contributed by atoms with van der Waals surface area (Å²) in [6, 6.07) is 6.20. The van der Waals surface area contributed by atoms with Crippen LogP contribution in [0.25, 0.3) is 0 Å². The highest BCUT2D eigenvalue weighted by Gasteiger charge is 2.30. The van der Waals surface area contributed by atoms with Crippen LogP contribution in [0.4, 0.5) is 13.2 Å². The Labute approximate surface area is 116 Å². The first kappa shape index (κ1) is 14.4. The molecule has 3 nitrogen and oxygen atoms in total. The van der Waals surface area contributed by atoms with Crippen LogP contribution in [-0.2, 0) is 12.8 Å². The third kappa shape index (κ3) is 3.30. The van der Waals surface area contributed by atoms with E-state index in [0.717, 1.165) is 23.5 Å². The van der Waals surface area contributed by atoms with Gasteiger partial charge in [0, 0.05) is 0 Å². The van der Waals surface area contributed by atoms with Crippen molar-refractivity contribution in [3.8, 4) is 5.75 Å². The van der Waals surface area contributed by atoms with Crippen molar-refractivity contribution in [2.45, 2.75) is 12.8 Å². The van der Waals surface area contributed by atoms with Crippen LogP contribution < -0.4 is 4.74 Å². The van der Waals surface area contributed by atoms with E-state index in [9.17, 15) is 18.0 Å². The normalized spacial score (nSPS) is 11.3. The molecule has 0 atom stereocenters. The van der Waals surface area contributed by atoms with Crippen molar-refractivity contribution in [1.82, 2.24) is 0 Å². The number of benzene rings is 1. The summed E-state index contributed by atoms with van der Waals surface area (Å²) in [5, 5.41) is 10.4. The Hall–Kier alpha value is -2.02. The number of halogens is 3. The molecule has 0 saturated carbocycles. The van der Waals surface area contributed by atoms with Crippen LogP contribution in [0.3, 0.4) is 0 Å². The maximum absolute atomic E-state index is 12.5. The van der Waals surface area contributed by atoms with Crippen molar-refractivity contribution in [1.29, 1.82) is 0 Å². The van der Waals surface area contributed by atoms with Crippen LogP contribution in [0.5, 0.6) is 5.75 Å². The number of hydrogen-bond acceptors (Lipinski definition) is 3. The van der Waals surface area contributed by atoms with Crippen molar-refractivity contribution < 1.29 is 27.8 Å². The Morgan fingerprint density at radius 1 is 1.30 bits per heavy atom. The summed E-state index contributed by atoms with van der Waals surface area (Å²) >= 11 is 0.996. The molecule has 1 aromatic heterocycles. The molecule has 1 heterocycles. The molecule has 0 bridgehead atoms. The fraction of sp³-hybridized carbons (Fsp3) is 0.154. The van der Waals surface area contributed by atoms with Crippen LogP contribution in [0.15, 0.2) is 35.7 Å². The summed E-state index contributed by atoms with van der Waals surface area (Å²) in [5.41, 5.74) is -0.440. The lowest BCUT2D eigenvalue weighted by molar-refractivity contribution is -0.137. The quantitative estimate of drug-likeness (QED) is 0.927. The zero-order valence-corrected chi connectivity index (χ0v) is 10.8. The fourth-order valence-corrected chi connectivity index (χ4v) is 2.24. The minimum atomic E-state index is -4.41. The van der Waals surface area contributed by atoms with E-state index in [4.69, 9.17) is 9.84 Å². The molecule has 20 heavy (non-hydrogen) atoms. The van der Waals surface area contributed by atoms with E-state index in [1.165, 1.54) is 18.2 Å². The van der Waals surface area contributed by atoms with Gasteiger partial charge in [-0.25, -0.2) is 4.79 Å². The predicted molar refractivity (Wildman–Crippen MR) is 67.1 cm³/mol. The summed E-state index contributed by atoms with van der Waals surface area (Å²) in [7, 11) is 0. The number of aromatic carboxylic acids is 1. The van der Waals surface area contributed by atoms with Crippen molar-refractivity contribution in [2.24, 2.45) is 0 Å². The minimum absolute atomic E-state index is 0.0250. The number of thiophene rings is 1. The summed E-state index contributed by atoms with van der Waals surface area (Å²) in [5.74, 6) is -0.973. The summed E-state index contributed by atoms with van der Waals surface area (Å²) in [6.45, 7) is -0.124. The number of hydrogen-bond donors (Lipinski definition) is 1. The lowest BCUT2D eigenvalue weighted by atomic mass is 10.1. The molecule has 0 aliphatic carbocycles. The molecule has 0 saturated heterocycles. The van der Waals surface area contributed by atoms with E-state index < -0.39 is 17.7 Å². The first-order valence-electron chi connectivity index (χ1n) is 5.47. The van der Waals surface area contributed by atoms with Gasteiger partial charge >= 0.3 is 12.1 Å². The topological polar surface area (TPSA) is 46.5 Å². The van der Waals surface area contributed by atoms with Gasteiger partial charge in [0.15, 0.2) is 4.88 Å². The largest absolute Gasteiger partial charge is 0.487 e. The van der Waals surface area contributed by atoms with Gasteiger partial charge in [-0.2, -0.15) is 13.2 Å². The Bertz CT molecular complexity index is 619. The maximum Gasteiger partial charge on any atom is 0.416 e. The van der Waals surface area contributed by atoms with Gasteiger partial charge < -0.3 is 9.84 Å². The molecule has 0 unspecified atom stereocenters. The number of carboxylic acid groups (broad SMARTS) is 1. The van der Waals surface area contributed by atoms with E-state index in [1.807, 2.05) is 0 Å². The average Bonchev–Trinajstić information content (AvgIpc) is 2.84. The van der Waals surface area contributed by atoms with Gasteiger partial charge in [0.1, 0.15) is 12.4 Å². The zero-order chi connectivity index (χ0) is 14.8. The lowest BCUT2D eigenvalue weighted by Gasteiger charge is -2.09. The monoisotopic (exact) mass is 302 g/mol. The molecule has 106 valence electrons. The Morgan fingerprint density at radius 2 is 2.05 bits per heavy atom. The van der Waals surface area contributed by atoms with Crippen LogP contribution >= 0.6 is 11.3 Å². The summed E-state index contributed by atoms with van der Waals surface area (Å²) < 4.78 is 42.9. The fourth-order valence-electron chi connectivity index (χ4n) is 1.57. The SMILES string of the molecule is O=C(O)c1sccc1OCc1cccc(C(F)(F)F)c1. The second kappa shape index (κ2) is 5.54. The smallest absolute Gasteiger partial charge is 0.416 e. The molecule has 0 amide bonds. The van der Waals surface area contributed by atoms with E-state index in [0.29, 0.717) is 5.56 Å². The first-order chi connectivity index (χ1) is 9.38. The average molecular weight is 302 g/mol. The Morgan fingerprint density at radius 3 is 2.70 bits per heavy atom. The molecule has 7 heteroatoms. The number of carboxylic acids is 1. The number of carbonyl (C=O) groups is 1. The van der Waals surface area contributed by atoms with Crippen LogP contribution in [0.2, 0.25) is 0 Å². The van der Waals surface area contributed by atoms with Gasteiger partial charge in [-0.05, 0) is 29.1 Å². The molecule has 0 spiro atoms. The van der Waals surface area contributed by atoms with E-state index >= 15 is 0 Å². The van der Waals surface area contributed by atoms with Gasteiger partial charge in [-0.1, -0.05) is 12.1 Å². The van der Waals surface area contributed by atoms with Crippen molar-refractivity contribution in [3.63, 3.8) is 0 Å². The van der Waals surface area contributed by atoms with E-state index in [2.05, 4.69) is 0 Å². The zero-order valence-electron chi connectivity index (χ0n) is 9.98. The molecule has 2 rings (SSSR count). The highest BCUT2D eigenvalue weighted by atomic mass is 32.1. The molecular weight excluding hydrogens is 293 g/mol. The standard InChI is InChI=1S/C13H9F3O3S/c14-13(15,16)9-3-1-2-8(6-9)7-19-10-4-5-20-11(10)12(17)18/h1-6H,7H2,(H,17,18). The van der Waals surface area contributed by atoms with Crippen LogP contribution in [0.1, 0.15) is 20.8 Å². The first-order valence-corrected chi connectivity index (χ1v) is 6.35. The second-order valence-corrected chi connectivity index (χ2v) is 4.82. The summed E-state index contributed by atoms with van der Waals surface area (Å²) in [4.78, 5) is 10.9. The summed E-state index contributed by atoms with van der Waals surface area (Å²) in [6.07, 6.45) is -4.41. The van der Waals surface area contributed by atoms with Crippen molar-refractivity contribution in [3.05, 3.63) is 51.7 Å². The van der Waals surface area contributed by atoms with Crippen LogP contribution in [-0.4, -0.2) is 11.1 Å². The van der Waals surface area contributed by atoms with Gasteiger partial charge in [-0.3, -0.25) is 0 Å². The van der Waals surface area contributed by atoms with Gasteiger partial charge in [0.05, 0.1) is 5.56 Å². The molecule has 0 radical (unpaired) electrons. The molecule has 2 aromatic rings. The second-order valence-electron chi connectivity index (χ2n) is 3.91. The third-order valence-corrected chi connectivity index (χ3v) is 3.36. The number of ether oxygens (including phenoxy) is 1. The molecule has 1 N–H and O–H groups in total. The highest BCUT2D eigenvalue weighted by molar-refractivity contribution is 7.12. The molecule has 0 aliphatic heterocycles. The van der Waals surface area contributed by atoms with Crippen molar-refractivity contribution >= 4 is 17.3 Å². The van der Waals surface area contributed by atoms with Gasteiger partial charge in [0.25, 0.3) is 0 Å². The molecule has 0 fully saturated rings. The van der Waals surface area contributed by atoms with E-state index in [-0.39, 0.29) is 17.2 Å². The highest BCUT2D eigenvalue weighted by Crippen LogP contribution is 2.30. The molecule has 1 aromatic carbocycles. The predicted octanol–water partition coefficient (Wildman–Crippen LogP) is 4.04. The minimum Gasteiger partial charge on any atom is -0.487 e. The van der Waals surface area contributed by atoms with Gasteiger partial charge in [-0.15, -0.1) is 11.3 Å². The molecule has 0 aliphatic rings. The maximum atomic E-state index is 12.5. The Balaban J connectivity index is 2.11. The third-order valence-electron chi connectivity index (χ3n) is 2.47. The lowest BCUT2D eigenvalue weighted by Crippen LogP contribution is -2.06. The van der Waals surface area contributed by atoms with Crippen LogP contribution in [0, 0.1) is 0 Å². The molecular formula is C13H9F3O3S. The Kier molecular flexibility index (Phi) is 3.99. The van der Waals surface area contributed by atoms with E-state index in [1.54, 1.807) is 5.38 Å².